The summed E-state index contributed by atoms with van der Waals surface area (Å²) in [5.41, 5.74) is 3.45. The maximum atomic E-state index is 13.4. The standard InChI is InChI=1S/C25H26N4O5.C15H15N3O6.C10H13N.2CH4/c1-26-23(32)27-18-9-10-19-17(14-18)11-12-25(19)22(31)29(24(33)34-25)15-21(30)28-13-5-8-20(28)16-6-3-2-4-7-16;1-16-13(22)17-9-2-3-10-8(6-9)4-5-15(10)12(21)18(7-11(19)20)14(23)24-15;1-2-5-9(6-3-1)10-7-4-8-11-10;;/h2-4,6-7,9-10,14,20H,5,8,11-13,15H2,1H3,(H2,26,27,32);2-3,6H,4-5,7H2,1H3,(H,19,20)(H2,16,17,22);1-3,5-6,10-11H,4,7-8H2;2*1H4/t20-,25+;15-;10-;;/m101../s1. The number of imide groups is 2. The molecule has 2 aliphatic carbocycles. The number of fused-ring (bicyclic) bond motifs is 4. The highest BCUT2D eigenvalue weighted by Crippen LogP contribution is 2.47. The van der Waals surface area contributed by atoms with Crippen LogP contribution >= 0.6 is 0 Å². The molecular weight excluding hydrogens is 913 g/mol. The van der Waals surface area contributed by atoms with Crippen LogP contribution in [0.5, 0.6) is 0 Å². The zero-order valence-electron chi connectivity index (χ0n) is 38.2. The van der Waals surface area contributed by atoms with E-state index in [0.717, 1.165) is 34.4 Å². The van der Waals surface area contributed by atoms with Gasteiger partial charge in [0.15, 0.2) is 0 Å². The number of carboxylic acids is 1. The van der Waals surface area contributed by atoms with E-state index in [0.29, 0.717) is 59.3 Å². The number of nitrogens with zero attached hydrogens (tertiary/aromatic N) is 3. The predicted octanol–water partition coefficient (Wildman–Crippen LogP) is 6.95. The van der Waals surface area contributed by atoms with Gasteiger partial charge in [-0.15, -0.1) is 0 Å². The first-order chi connectivity index (χ1) is 33.3. The Bertz CT molecular complexity index is 2660. The quantitative estimate of drug-likeness (QED) is 0.105. The number of hydrogen-bond donors (Lipinski definition) is 6. The lowest BCUT2D eigenvalue weighted by molar-refractivity contribution is -0.144. The van der Waals surface area contributed by atoms with Crippen LogP contribution < -0.4 is 26.6 Å². The monoisotopic (exact) mass is 974 g/mol. The summed E-state index contributed by atoms with van der Waals surface area (Å²) in [5.74, 6) is -2.73. The number of aliphatic carboxylic acids is 1. The Labute approximate surface area is 412 Å². The van der Waals surface area contributed by atoms with Gasteiger partial charge in [0.2, 0.25) is 17.1 Å². The van der Waals surface area contributed by atoms with Gasteiger partial charge in [-0.2, -0.15) is 0 Å². The van der Waals surface area contributed by atoms with Gasteiger partial charge in [-0.3, -0.25) is 19.2 Å². The Morgan fingerprint density at radius 3 is 1.62 bits per heavy atom. The van der Waals surface area contributed by atoms with Gasteiger partial charge in [0, 0.05) is 62.0 Å². The Morgan fingerprint density at radius 2 is 1.15 bits per heavy atom. The molecule has 0 saturated carbocycles. The zero-order valence-corrected chi connectivity index (χ0v) is 38.2. The van der Waals surface area contributed by atoms with Crippen molar-refractivity contribution in [2.24, 2.45) is 0 Å². The molecule has 9 amide bonds. The van der Waals surface area contributed by atoms with Crippen LogP contribution in [-0.4, -0.2) is 108 Å². The number of anilines is 2. The number of likely N-dealkylation sites (tertiary alicyclic amines) is 1. The smallest absolute Gasteiger partial charge is 0.418 e. The van der Waals surface area contributed by atoms with Crippen LogP contribution in [0.3, 0.4) is 0 Å². The molecule has 0 radical (unpaired) electrons. The minimum absolute atomic E-state index is 0. The van der Waals surface area contributed by atoms with Gasteiger partial charge < -0.3 is 46.1 Å². The van der Waals surface area contributed by atoms with Crippen LogP contribution in [0, 0.1) is 0 Å². The van der Waals surface area contributed by atoms with E-state index in [9.17, 15) is 38.4 Å². The minimum Gasteiger partial charge on any atom is -0.480 e. The van der Waals surface area contributed by atoms with Crippen molar-refractivity contribution in [1.82, 2.24) is 30.7 Å². The highest BCUT2D eigenvalue weighted by Gasteiger charge is 2.60. The van der Waals surface area contributed by atoms with Crippen molar-refractivity contribution >= 4 is 59.3 Å². The largest absolute Gasteiger partial charge is 0.480 e. The summed E-state index contributed by atoms with van der Waals surface area (Å²) in [6.07, 6.45) is 4.11. The molecule has 19 nitrogen and oxygen atoms in total. The molecule has 71 heavy (non-hydrogen) atoms. The van der Waals surface area contributed by atoms with Crippen LogP contribution in [-0.2, 0) is 52.7 Å². The van der Waals surface area contributed by atoms with Gasteiger partial charge in [-0.05, 0) is 91.6 Å². The van der Waals surface area contributed by atoms with Gasteiger partial charge in [-0.1, -0.05) is 87.6 Å². The average Bonchev–Trinajstić information content (AvgIpc) is 4.24. The first-order valence-electron chi connectivity index (χ1n) is 23.0. The normalized spacial score (nSPS) is 22.1. The third-order valence-electron chi connectivity index (χ3n) is 13.3. The summed E-state index contributed by atoms with van der Waals surface area (Å²) in [4.78, 5) is 101. The number of carbonyl (C=O) groups is 8. The highest BCUT2D eigenvalue weighted by atomic mass is 16.6. The molecular formula is C52H62N8O11. The zero-order chi connectivity index (χ0) is 48.9. The molecule has 4 aromatic carbocycles. The second-order valence-electron chi connectivity index (χ2n) is 17.4. The topological polar surface area (TPSA) is 245 Å². The van der Waals surface area contributed by atoms with Crippen LogP contribution in [0.25, 0.3) is 0 Å². The second-order valence-corrected chi connectivity index (χ2v) is 17.4. The van der Waals surface area contributed by atoms with E-state index in [1.165, 1.54) is 39.0 Å². The van der Waals surface area contributed by atoms with E-state index in [4.69, 9.17) is 14.6 Å². The van der Waals surface area contributed by atoms with Crippen molar-refractivity contribution in [3.63, 3.8) is 0 Å². The number of carboxylic acid groups (broad SMARTS) is 1. The van der Waals surface area contributed by atoms with Crippen LogP contribution in [0.1, 0.15) is 98.8 Å². The molecule has 2 spiro atoms. The lowest BCUT2D eigenvalue weighted by Crippen LogP contribution is -2.44. The van der Waals surface area contributed by atoms with Gasteiger partial charge in [0.05, 0.1) is 6.04 Å². The van der Waals surface area contributed by atoms with E-state index >= 15 is 0 Å². The van der Waals surface area contributed by atoms with Crippen LogP contribution in [0.2, 0.25) is 0 Å². The van der Waals surface area contributed by atoms with Crippen molar-refractivity contribution in [2.45, 2.75) is 89.5 Å². The summed E-state index contributed by atoms with van der Waals surface area (Å²) in [6, 6.07) is 30.4. The first kappa shape index (κ1) is 52.6. The number of aryl methyl sites for hydroxylation is 2. The Hall–Kier alpha value is -7.80. The van der Waals surface area contributed by atoms with E-state index in [1.54, 1.807) is 41.3 Å². The van der Waals surface area contributed by atoms with Gasteiger partial charge in [-0.25, -0.2) is 29.0 Å². The minimum atomic E-state index is -1.46. The molecule has 19 heteroatoms. The van der Waals surface area contributed by atoms with Crippen molar-refractivity contribution in [3.05, 3.63) is 130 Å². The number of rotatable bonds is 8. The number of nitrogens with one attached hydrogen (secondary N) is 5. The molecule has 0 unspecified atom stereocenters. The molecule has 4 fully saturated rings. The molecule has 0 aromatic heterocycles. The van der Waals surface area contributed by atoms with Gasteiger partial charge >= 0.3 is 30.2 Å². The Balaban J connectivity index is 0.000000193. The molecule has 4 aromatic rings. The number of amides is 9. The number of hydrogen-bond acceptors (Lipinski definition) is 11. The van der Waals surface area contributed by atoms with E-state index < -0.39 is 47.7 Å². The summed E-state index contributed by atoms with van der Waals surface area (Å²) in [6.45, 7) is 0.698. The number of urea groups is 2. The van der Waals surface area contributed by atoms with Crippen molar-refractivity contribution in [3.8, 4) is 0 Å². The maximum absolute atomic E-state index is 13.4. The SMILES string of the molecule is C.C.CNC(=O)Nc1ccc2c(c1)CC[C@]21OC(=O)N(CC(=O)N2CCC[C@@H]2c2ccccc2)C1=O.CNC(=O)Nc1ccc2c(c1)CC[C@]21OC(=O)N(CC(=O)O)C1=O.c1ccc([C@H]2CCCN2)cc1. The number of ether oxygens (including phenoxy) is 2. The summed E-state index contributed by atoms with van der Waals surface area (Å²) >= 11 is 0. The van der Waals surface area contributed by atoms with Crippen LogP contribution in [0.15, 0.2) is 97.1 Å². The molecule has 4 aliphatic heterocycles. The van der Waals surface area contributed by atoms with Crippen molar-refractivity contribution in [1.29, 1.82) is 0 Å². The summed E-state index contributed by atoms with van der Waals surface area (Å²) in [7, 11) is 3.01. The van der Waals surface area contributed by atoms with E-state index in [-0.39, 0.29) is 51.8 Å². The van der Waals surface area contributed by atoms with Crippen molar-refractivity contribution in [2.75, 3.05) is 50.9 Å². The molecule has 4 heterocycles. The Morgan fingerprint density at radius 1 is 0.662 bits per heavy atom. The fraction of sp³-hybridized carbons (Fsp3) is 0.385. The van der Waals surface area contributed by atoms with E-state index in [1.807, 2.05) is 30.3 Å². The number of carbonyl (C=O) groups excluding carboxylic acids is 7. The summed E-state index contributed by atoms with van der Waals surface area (Å²) in [5, 5.41) is 22.5. The lowest BCUT2D eigenvalue weighted by Gasteiger charge is -2.26. The first-order valence-corrected chi connectivity index (χ1v) is 23.0. The third-order valence-corrected chi connectivity index (χ3v) is 13.3. The molecule has 6 aliphatic rings. The molecule has 6 N–H and O–H groups in total. The average molecular weight is 975 g/mol. The van der Waals surface area contributed by atoms with Crippen LogP contribution in [0.4, 0.5) is 30.6 Å². The molecule has 10 rings (SSSR count). The van der Waals surface area contributed by atoms with E-state index in [2.05, 4.69) is 56.9 Å². The molecule has 4 saturated heterocycles. The van der Waals surface area contributed by atoms with Gasteiger partial charge in [0.1, 0.15) is 13.1 Å². The Kier molecular flexibility index (Phi) is 16.5. The highest BCUT2D eigenvalue weighted by molar-refractivity contribution is 6.07. The third kappa shape index (κ3) is 10.7. The maximum Gasteiger partial charge on any atom is 0.418 e. The molecule has 4 atom stereocenters. The summed E-state index contributed by atoms with van der Waals surface area (Å²) < 4.78 is 10.9. The fourth-order valence-electron chi connectivity index (χ4n) is 9.95. The fourth-order valence-corrected chi connectivity index (χ4v) is 9.95. The lowest BCUT2D eigenvalue weighted by atomic mass is 9.94. The molecule has 0 bridgehead atoms. The van der Waals surface area contributed by atoms with Crippen molar-refractivity contribution < 1.29 is 52.9 Å². The number of benzene rings is 4. The molecule has 376 valence electrons. The van der Waals surface area contributed by atoms with Gasteiger partial charge in [0.25, 0.3) is 11.8 Å². The second kappa shape index (κ2) is 22.3. The predicted molar refractivity (Wildman–Crippen MR) is 263 cm³/mol.